The van der Waals surface area contributed by atoms with E-state index in [1.807, 2.05) is 10.5 Å². The summed E-state index contributed by atoms with van der Waals surface area (Å²) in [6.07, 6.45) is -0.211. The Kier molecular flexibility index (Phi) is 5.91. The lowest BCUT2D eigenvalue weighted by atomic mass is 10.0. The number of carboxylic acid groups (broad SMARTS) is 1. The highest BCUT2D eigenvalue weighted by atomic mass is 19.4. The third-order valence-electron chi connectivity index (χ3n) is 4.98. The van der Waals surface area contributed by atoms with E-state index in [4.69, 9.17) is 5.11 Å². The molecule has 0 saturated carbocycles. The molecule has 0 unspecified atom stereocenters. The Morgan fingerprint density at radius 2 is 1.73 bits per heavy atom. The largest absolute Gasteiger partial charge is 0.478 e. The molecule has 3 heterocycles. The van der Waals surface area contributed by atoms with E-state index in [-0.39, 0.29) is 12.0 Å². The number of alkyl halides is 3. The van der Waals surface area contributed by atoms with E-state index in [0.717, 1.165) is 11.3 Å². The molecule has 0 spiro atoms. The van der Waals surface area contributed by atoms with Gasteiger partial charge in [0, 0.05) is 42.6 Å². The third-order valence-corrected chi connectivity index (χ3v) is 4.98. The zero-order valence-electron chi connectivity index (χ0n) is 17.1. The van der Waals surface area contributed by atoms with Crippen LogP contribution in [-0.4, -0.2) is 42.4 Å². The molecule has 10 heteroatoms. The van der Waals surface area contributed by atoms with Gasteiger partial charge in [-0.1, -0.05) is 18.2 Å². The summed E-state index contributed by atoms with van der Waals surface area (Å²) in [6.45, 7) is 0. The van der Waals surface area contributed by atoms with Crippen molar-refractivity contribution in [3.63, 3.8) is 0 Å². The van der Waals surface area contributed by atoms with Gasteiger partial charge in [0.05, 0.1) is 23.9 Å². The molecule has 0 fully saturated rings. The van der Waals surface area contributed by atoms with Crippen molar-refractivity contribution in [1.29, 1.82) is 0 Å². The van der Waals surface area contributed by atoms with Gasteiger partial charge in [-0.2, -0.15) is 13.2 Å². The number of Topliss-reactive ketones (excluding diaryl/α,β-unsaturated/α-hetero) is 1. The van der Waals surface area contributed by atoms with Crippen LogP contribution in [-0.2, 0) is 11.2 Å². The molecule has 1 aromatic carbocycles. The lowest BCUT2D eigenvalue weighted by Crippen LogP contribution is -2.12. The van der Waals surface area contributed by atoms with Crippen LogP contribution in [0.5, 0.6) is 0 Å². The van der Waals surface area contributed by atoms with Crippen molar-refractivity contribution in [3.8, 4) is 22.6 Å². The van der Waals surface area contributed by atoms with Gasteiger partial charge < -0.3 is 5.11 Å². The van der Waals surface area contributed by atoms with Crippen molar-refractivity contribution in [1.82, 2.24) is 19.4 Å². The van der Waals surface area contributed by atoms with E-state index < -0.39 is 30.8 Å². The quantitative estimate of drug-likeness (QED) is 0.438. The SMILES string of the molecule is O=C(CCC(F)(F)F)Cc1cccc(-c2cnc3cc(-c4ncc(C(=O)O)cn4)ccn23)c1. The number of aromatic nitrogens is 4. The number of imidazole rings is 1. The molecule has 0 aliphatic rings. The first-order chi connectivity index (χ1) is 15.7. The maximum atomic E-state index is 12.3. The second-order valence-electron chi connectivity index (χ2n) is 7.42. The highest BCUT2D eigenvalue weighted by Crippen LogP contribution is 2.26. The van der Waals surface area contributed by atoms with Gasteiger partial charge in [0.2, 0.25) is 0 Å². The minimum atomic E-state index is -4.35. The number of carbonyl (C=O) groups is 2. The second kappa shape index (κ2) is 8.81. The van der Waals surface area contributed by atoms with Crippen molar-refractivity contribution in [2.45, 2.75) is 25.4 Å². The van der Waals surface area contributed by atoms with E-state index in [0.29, 0.717) is 22.6 Å². The lowest BCUT2D eigenvalue weighted by Gasteiger charge is -2.08. The summed E-state index contributed by atoms with van der Waals surface area (Å²) >= 11 is 0. The van der Waals surface area contributed by atoms with Crippen molar-refractivity contribution < 1.29 is 27.9 Å². The number of carbonyl (C=O) groups excluding carboxylic acids is 1. The Bertz CT molecular complexity index is 1330. The number of nitrogens with zero attached hydrogens (tertiary/aromatic N) is 4. The molecular formula is C23H17F3N4O3. The molecule has 0 saturated heterocycles. The number of hydrogen-bond donors (Lipinski definition) is 1. The fourth-order valence-corrected chi connectivity index (χ4v) is 3.36. The molecule has 0 bridgehead atoms. The van der Waals surface area contributed by atoms with Crippen molar-refractivity contribution >= 4 is 17.4 Å². The minimum absolute atomic E-state index is 0.0142. The number of aromatic carboxylic acids is 1. The molecule has 0 amide bonds. The van der Waals surface area contributed by atoms with E-state index in [9.17, 15) is 22.8 Å². The maximum absolute atomic E-state index is 12.3. The maximum Gasteiger partial charge on any atom is 0.389 e. The van der Waals surface area contributed by atoms with Crippen LogP contribution in [0.3, 0.4) is 0 Å². The van der Waals surface area contributed by atoms with Crippen LogP contribution in [0.15, 0.2) is 61.2 Å². The molecule has 4 aromatic rings. The molecule has 0 aliphatic carbocycles. The van der Waals surface area contributed by atoms with Gasteiger partial charge >= 0.3 is 12.1 Å². The first-order valence-corrected chi connectivity index (χ1v) is 9.90. The number of benzene rings is 1. The Hall–Kier alpha value is -4.08. The van der Waals surface area contributed by atoms with Crippen LogP contribution >= 0.6 is 0 Å². The summed E-state index contributed by atoms with van der Waals surface area (Å²) in [4.78, 5) is 35.5. The molecule has 0 aliphatic heterocycles. The smallest absolute Gasteiger partial charge is 0.389 e. The second-order valence-corrected chi connectivity index (χ2v) is 7.42. The summed E-state index contributed by atoms with van der Waals surface area (Å²) in [5, 5.41) is 8.97. The predicted molar refractivity (Wildman–Crippen MR) is 113 cm³/mol. The number of halogens is 3. The average Bonchev–Trinajstić information content (AvgIpc) is 3.21. The molecule has 33 heavy (non-hydrogen) atoms. The Morgan fingerprint density at radius 3 is 2.42 bits per heavy atom. The average molecular weight is 454 g/mol. The van der Waals surface area contributed by atoms with Crippen LogP contribution < -0.4 is 0 Å². The number of fused-ring (bicyclic) bond motifs is 1. The van der Waals surface area contributed by atoms with Gasteiger partial charge in [-0.05, 0) is 23.8 Å². The third kappa shape index (κ3) is 5.22. The molecule has 1 N–H and O–H groups in total. The fraction of sp³-hybridized carbons (Fsp3) is 0.174. The van der Waals surface area contributed by atoms with Gasteiger partial charge in [-0.15, -0.1) is 0 Å². The first kappa shape index (κ1) is 22.1. The minimum Gasteiger partial charge on any atom is -0.478 e. The Morgan fingerprint density at radius 1 is 0.970 bits per heavy atom. The van der Waals surface area contributed by atoms with E-state index in [1.165, 1.54) is 12.4 Å². The van der Waals surface area contributed by atoms with Crippen molar-refractivity contribution in [2.24, 2.45) is 0 Å². The van der Waals surface area contributed by atoms with Crippen LogP contribution in [0.1, 0.15) is 28.8 Å². The van der Waals surface area contributed by atoms with Gasteiger partial charge in [-0.3, -0.25) is 9.20 Å². The molecule has 3 aromatic heterocycles. The molecule has 0 atom stereocenters. The van der Waals surface area contributed by atoms with Gasteiger partial charge in [0.1, 0.15) is 11.4 Å². The summed E-state index contributed by atoms with van der Waals surface area (Å²) in [5.74, 6) is -1.23. The standard InChI is InChI=1S/C23H17F3N4O3/c24-23(25,26)6-4-18(31)9-14-2-1-3-15(8-14)19-13-27-20-10-16(5-7-30(19)20)21-28-11-17(12-29-21)22(32)33/h1-3,5,7-8,10-13H,4,6,9H2,(H,32,33). The van der Waals surface area contributed by atoms with E-state index in [2.05, 4.69) is 15.0 Å². The Labute approximate surface area is 185 Å². The fourth-order valence-electron chi connectivity index (χ4n) is 3.36. The predicted octanol–water partition coefficient (Wildman–Crippen LogP) is 4.61. The zero-order chi connectivity index (χ0) is 23.6. The normalized spacial score (nSPS) is 11.6. The zero-order valence-corrected chi connectivity index (χ0v) is 17.1. The van der Waals surface area contributed by atoms with E-state index >= 15 is 0 Å². The monoisotopic (exact) mass is 454 g/mol. The number of carboxylic acids is 1. The lowest BCUT2D eigenvalue weighted by molar-refractivity contribution is -0.143. The topological polar surface area (TPSA) is 97.5 Å². The summed E-state index contributed by atoms with van der Waals surface area (Å²) in [6, 6.07) is 10.6. The summed E-state index contributed by atoms with van der Waals surface area (Å²) in [5.41, 5.74) is 3.36. The number of rotatable bonds is 7. The summed E-state index contributed by atoms with van der Waals surface area (Å²) in [7, 11) is 0. The molecule has 0 radical (unpaired) electrons. The first-order valence-electron chi connectivity index (χ1n) is 9.90. The number of pyridine rings is 1. The van der Waals surface area contributed by atoms with Gasteiger partial charge in [0.25, 0.3) is 0 Å². The molecule has 4 rings (SSSR count). The summed E-state index contributed by atoms with van der Waals surface area (Å²) < 4.78 is 38.9. The highest BCUT2D eigenvalue weighted by Gasteiger charge is 2.27. The molecular weight excluding hydrogens is 437 g/mol. The van der Waals surface area contributed by atoms with Crippen molar-refractivity contribution in [3.05, 3.63) is 72.3 Å². The van der Waals surface area contributed by atoms with Gasteiger partial charge in [0.15, 0.2) is 5.82 Å². The highest BCUT2D eigenvalue weighted by molar-refractivity contribution is 5.87. The van der Waals surface area contributed by atoms with Crippen LogP contribution in [0.4, 0.5) is 13.2 Å². The Balaban J connectivity index is 1.56. The number of ketones is 1. The van der Waals surface area contributed by atoms with E-state index in [1.54, 1.807) is 42.7 Å². The number of hydrogen-bond acceptors (Lipinski definition) is 5. The van der Waals surface area contributed by atoms with Crippen LogP contribution in [0.2, 0.25) is 0 Å². The van der Waals surface area contributed by atoms with Crippen LogP contribution in [0, 0.1) is 0 Å². The van der Waals surface area contributed by atoms with Crippen molar-refractivity contribution in [2.75, 3.05) is 0 Å². The van der Waals surface area contributed by atoms with Crippen LogP contribution in [0.25, 0.3) is 28.3 Å². The molecule has 168 valence electrons. The molecule has 7 nitrogen and oxygen atoms in total. The van der Waals surface area contributed by atoms with Gasteiger partial charge in [-0.25, -0.2) is 19.7 Å².